The Hall–Kier alpha value is -0.930. The fraction of sp³-hybridized carbons (Fsp3) is 0.125. The zero-order chi connectivity index (χ0) is 9.84. The Morgan fingerprint density at radius 1 is 1.31 bits per heavy atom. The van der Waals surface area contributed by atoms with E-state index in [0.29, 0.717) is 5.69 Å². The van der Waals surface area contributed by atoms with Crippen molar-refractivity contribution in [2.24, 2.45) is 0 Å². The Labute approximate surface area is 85.3 Å². The van der Waals surface area contributed by atoms with Gasteiger partial charge in [-0.05, 0) is 24.3 Å². The number of benzene rings is 1. The predicted octanol–water partition coefficient (Wildman–Crippen LogP) is 2.13. The molecule has 0 radical (unpaired) electrons. The Kier molecular flexibility index (Phi) is 3.39. The molecule has 0 saturated carbocycles. The summed E-state index contributed by atoms with van der Waals surface area (Å²) in [6.07, 6.45) is 0. The third kappa shape index (κ3) is 3.13. The van der Waals surface area contributed by atoms with Crippen molar-refractivity contribution in [2.45, 2.75) is 4.84 Å². The van der Waals surface area contributed by atoms with Crippen molar-refractivity contribution < 1.29 is 9.90 Å². The van der Waals surface area contributed by atoms with Crippen LogP contribution in [0.5, 0.6) is 5.75 Å². The lowest BCUT2D eigenvalue weighted by Gasteiger charge is -2.04. The van der Waals surface area contributed by atoms with Crippen molar-refractivity contribution in [3.05, 3.63) is 24.3 Å². The van der Waals surface area contributed by atoms with Crippen LogP contribution in [0.3, 0.4) is 0 Å². The van der Waals surface area contributed by atoms with E-state index in [-0.39, 0.29) is 5.75 Å². The van der Waals surface area contributed by atoms with Crippen molar-refractivity contribution in [1.29, 1.82) is 0 Å². The second kappa shape index (κ2) is 4.35. The van der Waals surface area contributed by atoms with Gasteiger partial charge in [-0.15, -0.1) is 0 Å². The van der Waals surface area contributed by atoms with E-state index in [0.717, 1.165) is 0 Å². The average molecular weight is 220 g/mol. The molecule has 1 amide bonds. The minimum Gasteiger partial charge on any atom is -0.508 e. The van der Waals surface area contributed by atoms with Crippen LogP contribution in [0.15, 0.2) is 24.3 Å². The van der Waals surface area contributed by atoms with E-state index < -0.39 is 10.7 Å². The van der Waals surface area contributed by atoms with Crippen LogP contribution >= 0.6 is 23.2 Å². The molecule has 0 unspecified atom stereocenters. The van der Waals surface area contributed by atoms with E-state index in [4.69, 9.17) is 28.3 Å². The molecule has 13 heavy (non-hydrogen) atoms. The first-order valence-electron chi connectivity index (χ1n) is 3.47. The zero-order valence-electron chi connectivity index (χ0n) is 6.50. The summed E-state index contributed by atoms with van der Waals surface area (Å²) in [5, 5.41) is 11.4. The molecule has 3 nitrogen and oxygen atoms in total. The first-order chi connectivity index (χ1) is 6.09. The Morgan fingerprint density at radius 2 is 1.85 bits per heavy atom. The molecule has 0 aliphatic rings. The van der Waals surface area contributed by atoms with E-state index in [1.807, 2.05) is 0 Å². The highest BCUT2D eigenvalue weighted by molar-refractivity contribution is 6.54. The summed E-state index contributed by atoms with van der Waals surface area (Å²) in [6, 6.07) is 5.99. The molecule has 1 aromatic rings. The number of carbonyl (C=O) groups excluding carboxylic acids is 1. The van der Waals surface area contributed by atoms with E-state index in [1.165, 1.54) is 12.1 Å². The molecule has 1 aromatic carbocycles. The lowest BCUT2D eigenvalue weighted by Crippen LogP contribution is -2.18. The average Bonchev–Trinajstić information content (AvgIpc) is 2.08. The Morgan fingerprint density at radius 3 is 2.31 bits per heavy atom. The van der Waals surface area contributed by atoms with Gasteiger partial charge in [-0.2, -0.15) is 0 Å². The highest BCUT2D eigenvalue weighted by Gasteiger charge is 2.10. The van der Waals surface area contributed by atoms with Crippen LogP contribution < -0.4 is 5.32 Å². The largest absolute Gasteiger partial charge is 0.508 e. The van der Waals surface area contributed by atoms with Gasteiger partial charge in [0.15, 0.2) is 4.84 Å². The quantitative estimate of drug-likeness (QED) is 0.592. The second-order valence-corrected chi connectivity index (χ2v) is 3.43. The van der Waals surface area contributed by atoms with Crippen molar-refractivity contribution in [2.75, 3.05) is 5.32 Å². The standard InChI is InChI=1S/C8H7Cl2NO2/c9-7(10)8(13)11-5-1-3-6(12)4-2-5/h1-4,7,12H,(H,11,13). The van der Waals surface area contributed by atoms with Crippen LogP contribution in [0.1, 0.15) is 0 Å². The summed E-state index contributed by atoms with van der Waals surface area (Å²) in [5.74, 6) is -0.361. The molecule has 70 valence electrons. The normalized spacial score (nSPS) is 10.1. The van der Waals surface area contributed by atoms with Gasteiger partial charge < -0.3 is 10.4 Å². The lowest BCUT2D eigenvalue weighted by molar-refractivity contribution is -0.114. The van der Waals surface area contributed by atoms with Gasteiger partial charge in [0.2, 0.25) is 0 Å². The number of carbonyl (C=O) groups is 1. The monoisotopic (exact) mass is 219 g/mol. The molecule has 5 heteroatoms. The maximum atomic E-state index is 11.0. The summed E-state index contributed by atoms with van der Waals surface area (Å²) in [7, 11) is 0. The van der Waals surface area contributed by atoms with E-state index in [1.54, 1.807) is 12.1 Å². The van der Waals surface area contributed by atoms with Gasteiger partial charge in [0, 0.05) is 5.69 Å². The first-order valence-corrected chi connectivity index (χ1v) is 4.35. The topological polar surface area (TPSA) is 49.3 Å². The minimum atomic E-state index is -1.09. The van der Waals surface area contributed by atoms with Crippen molar-refractivity contribution in [3.63, 3.8) is 0 Å². The van der Waals surface area contributed by atoms with Crippen LogP contribution in [-0.4, -0.2) is 15.8 Å². The summed E-state index contributed by atoms with van der Waals surface area (Å²) in [6.45, 7) is 0. The van der Waals surface area contributed by atoms with E-state index in [2.05, 4.69) is 5.32 Å². The number of rotatable bonds is 2. The van der Waals surface area contributed by atoms with Gasteiger partial charge in [0.25, 0.3) is 5.91 Å². The number of halogens is 2. The predicted molar refractivity (Wildman–Crippen MR) is 52.2 cm³/mol. The fourth-order valence-electron chi connectivity index (χ4n) is 0.742. The molecule has 0 aliphatic heterocycles. The third-order valence-corrected chi connectivity index (χ3v) is 1.73. The van der Waals surface area contributed by atoms with Crippen LogP contribution in [0.4, 0.5) is 5.69 Å². The molecular weight excluding hydrogens is 213 g/mol. The zero-order valence-corrected chi connectivity index (χ0v) is 8.01. The molecule has 0 aromatic heterocycles. The van der Waals surface area contributed by atoms with Crippen LogP contribution in [-0.2, 0) is 4.79 Å². The maximum Gasteiger partial charge on any atom is 0.257 e. The molecule has 0 saturated heterocycles. The van der Waals surface area contributed by atoms with E-state index in [9.17, 15) is 4.79 Å². The molecule has 0 atom stereocenters. The number of hydrogen-bond acceptors (Lipinski definition) is 2. The molecule has 0 spiro atoms. The summed E-state index contributed by atoms with van der Waals surface area (Å²) in [5.41, 5.74) is 0.536. The number of phenolic OH excluding ortho intramolecular Hbond substituents is 1. The highest BCUT2D eigenvalue weighted by Crippen LogP contribution is 2.14. The van der Waals surface area contributed by atoms with Crippen LogP contribution in [0, 0.1) is 0 Å². The number of amides is 1. The SMILES string of the molecule is O=C(Nc1ccc(O)cc1)C(Cl)Cl. The van der Waals surface area contributed by atoms with Gasteiger partial charge in [0.05, 0.1) is 0 Å². The minimum absolute atomic E-state index is 0.131. The molecule has 0 bridgehead atoms. The molecule has 2 N–H and O–H groups in total. The van der Waals surface area contributed by atoms with Gasteiger partial charge in [-0.25, -0.2) is 0 Å². The van der Waals surface area contributed by atoms with Gasteiger partial charge in [-0.1, -0.05) is 23.2 Å². The number of hydrogen-bond donors (Lipinski definition) is 2. The van der Waals surface area contributed by atoms with Crippen LogP contribution in [0.2, 0.25) is 0 Å². The van der Waals surface area contributed by atoms with Crippen molar-refractivity contribution in [1.82, 2.24) is 0 Å². The summed E-state index contributed by atoms with van der Waals surface area (Å²) < 4.78 is 0. The first kappa shape index (κ1) is 10.2. The highest BCUT2D eigenvalue weighted by atomic mass is 35.5. The smallest absolute Gasteiger partial charge is 0.257 e. The van der Waals surface area contributed by atoms with Gasteiger partial charge >= 0.3 is 0 Å². The second-order valence-electron chi connectivity index (χ2n) is 2.34. The van der Waals surface area contributed by atoms with Gasteiger partial charge in [0.1, 0.15) is 5.75 Å². The van der Waals surface area contributed by atoms with Crippen LogP contribution in [0.25, 0.3) is 0 Å². The molecule has 1 rings (SSSR count). The molecule has 0 heterocycles. The number of aromatic hydroxyl groups is 1. The Balaban J connectivity index is 2.65. The lowest BCUT2D eigenvalue weighted by atomic mass is 10.3. The van der Waals surface area contributed by atoms with E-state index >= 15 is 0 Å². The number of phenols is 1. The summed E-state index contributed by atoms with van der Waals surface area (Å²) >= 11 is 10.6. The van der Waals surface area contributed by atoms with Crippen molar-refractivity contribution >= 4 is 34.8 Å². The van der Waals surface area contributed by atoms with Gasteiger partial charge in [-0.3, -0.25) is 4.79 Å². The number of alkyl halides is 2. The molecular formula is C8H7Cl2NO2. The molecule has 0 aliphatic carbocycles. The van der Waals surface area contributed by atoms with Crippen molar-refractivity contribution in [3.8, 4) is 5.75 Å². The number of anilines is 1. The maximum absolute atomic E-state index is 11.0. The third-order valence-electron chi connectivity index (χ3n) is 1.33. The molecule has 0 fully saturated rings. The number of nitrogens with one attached hydrogen (secondary N) is 1. The summed E-state index contributed by atoms with van der Waals surface area (Å²) in [4.78, 5) is 9.87. The fourth-order valence-corrected chi connectivity index (χ4v) is 0.851. The Bertz CT molecular complexity index is 298.